The van der Waals surface area contributed by atoms with E-state index in [1.54, 1.807) is 36.6 Å². The van der Waals surface area contributed by atoms with Crippen LogP contribution in [-0.4, -0.2) is 23.5 Å². The molecule has 3 aromatic rings. The summed E-state index contributed by atoms with van der Waals surface area (Å²) in [5, 5.41) is 6.05. The minimum Gasteiger partial charge on any atom is -0.466 e. The Kier molecular flexibility index (Phi) is 4.82. The molecule has 0 bridgehead atoms. The molecule has 0 aliphatic heterocycles. The number of amides is 1. The highest BCUT2D eigenvalue weighted by Gasteiger charge is 2.15. The fraction of sp³-hybridized carbons (Fsp3) is 0.188. The third-order valence-corrected chi connectivity index (χ3v) is 4.15. The Bertz CT molecular complexity index is 903. The molecule has 0 spiro atoms. The summed E-state index contributed by atoms with van der Waals surface area (Å²) in [6.07, 6.45) is 0.0728. The van der Waals surface area contributed by atoms with Gasteiger partial charge in [-0.05, 0) is 31.2 Å². The maximum Gasteiger partial charge on any atom is 0.311 e. The summed E-state index contributed by atoms with van der Waals surface area (Å²) in [6.45, 7) is 2.06. The predicted molar refractivity (Wildman–Crippen MR) is 91.6 cm³/mol. The Hall–Kier alpha value is -2.38. The van der Waals surface area contributed by atoms with Gasteiger partial charge in [0, 0.05) is 15.8 Å². The van der Waals surface area contributed by atoms with E-state index in [9.17, 15) is 9.59 Å². The fourth-order valence-corrected chi connectivity index (χ4v) is 2.98. The van der Waals surface area contributed by atoms with Crippen LogP contribution in [0, 0.1) is 0 Å². The van der Waals surface area contributed by atoms with Crippen LogP contribution in [0.4, 0.5) is 5.13 Å². The molecular weight excluding hydrogens is 352 g/mol. The first-order valence-electron chi connectivity index (χ1n) is 7.15. The van der Waals surface area contributed by atoms with E-state index in [0.717, 1.165) is 5.39 Å². The molecule has 0 saturated heterocycles. The number of carbonyl (C=O) groups excluding carboxylic acids is 2. The molecule has 0 atom stereocenters. The highest BCUT2D eigenvalue weighted by molar-refractivity contribution is 7.14. The Morgan fingerprint density at radius 2 is 2.21 bits per heavy atom. The molecule has 6 nitrogen and oxygen atoms in total. The summed E-state index contributed by atoms with van der Waals surface area (Å²) in [7, 11) is 0. The van der Waals surface area contributed by atoms with Crippen molar-refractivity contribution in [2.75, 3.05) is 11.9 Å². The average molecular weight is 365 g/mol. The van der Waals surface area contributed by atoms with Crippen LogP contribution in [-0.2, 0) is 16.0 Å². The SMILES string of the molecule is CCOC(=O)Cc1csc(NC(=O)c2cc3cc(Cl)ccc3o2)n1. The molecule has 8 heteroatoms. The Labute approximate surface area is 146 Å². The number of ether oxygens (including phenoxy) is 1. The van der Waals surface area contributed by atoms with Crippen molar-refractivity contribution in [3.8, 4) is 0 Å². The minimum absolute atomic E-state index is 0.0728. The zero-order valence-electron chi connectivity index (χ0n) is 12.7. The molecule has 0 radical (unpaired) electrons. The van der Waals surface area contributed by atoms with Gasteiger partial charge in [0.25, 0.3) is 5.91 Å². The number of nitrogens with one attached hydrogen (secondary N) is 1. The average Bonchev–Trinajstić information content (AvgIpc) is 3.13. The number of halogens is 1. The number of benzene rings is 1. The molecule has 0 unspecified atom stereocenters. The van der Waals surface area contributed by atoms with Gasteiger partial charge in [0.2, 0.25) is 0 Å². The van der Waals surface area contributed by atoms with Gasteiger partial charge in [-0.1, -0.05) is 11.6 Å². The predicted octanol–water partition coefficient (Wildman–Crippen LogP) is 3.90. The third-order valence-electron chi connectivity index (χ3n) is 3.11. The molecule has 0 aliphatic carbocycles. The van der Waals surface area contributed by atoms with Gasteiger partial charge in [-0.2, -0.15) is 0 Å². The number of hydrogen-bond acceptors (Lipinski definition) is 6. The number of esters is 1. The van der Waals surface area contributed by atoms with E-state index < -0.39 is 5.91 Å². The molecule has 2 aromatic heterocycles. The lowest BCUT2D eigenvalue weighted by molar-refractivity contribution is -0.142. The minimum atomic E-state index is -0.417. The number of aromatic nitrogens is 1. The number of rotatable bonds is 5. The van der Waals surface area contributed by atoms with E-state index in [-0.39, 0.29) is 18.2 Å². The highest BCUT2D eigenvalue weighted by atomic mass is 35.5. The van der Waals surface area contributed by atoms with Gasteiger partial charge in [0.05, 0.1) is 18.7 Å². The number of carbonyl (C=O) groups is 2. The van der Waals surface area contributed by atoms with E-state index in [1.165, 1.54) is 11.3 Å². The Morgan fingerprint density at radius 3 is 3.00 bits per heavy atom. The summed E-state index contributed by atoms with van der Waals surface area (Å²) in [6, 6.07) is 6.73. The molecular formula is C16H13ClN2O4S. The van der Waals surface area contributed by atoms with Crippen LogP contribution < -0.4 is 5.32 Å². The number of nitrogens with zero attached hydrogens (tertiary/aromatic N) is 1. The van der Waals surface area contributed by atoms with E-state index >= 15 is 0 Å². The van der Waals surface area contributed by atoms with Crippen molar-refractivity contribution in [1.29, 1.82) is 0 Å². The molecule has 1 N–H and O–H groups in total. The van der Waals surface area contributed by atoms with Crippen molar-refractivity contribution in [1.82, 2.24) is 4.98 Å². The summed E-state index contributed by atoms with van der Waals surface area (Å²) < 4.78 is 10.4. The van der Waals surface area contributed by atoms with Crippen LogP contribution in [0.2, 0.25) is 5.02 Å². The molecule has 0 fully saturated rings. The molecule has 124 valence electrons. The lowest BCUT2D eigenvalue weighted by atomic mass is 10.2. The summed E-state index contributed by atoms with van der Waals surface area (Å²) in [5.41, 5.74) is 1.12. The Morgan fingerprint density at radius 1 is 1.38 bits per heavy atom. The topological polar surface area (TPSA) is 81.4 Å². The maximum atomic E-state index is 12.2. The Balaban J connectivity index is 1.69. The van der Waals surface area contributed by atoms with Crippen molar-refractivity contribution in [2.24, 2.45) is 0 Å². The normalized spacial score (nSPS) is 10.8. The van der Waals surface area contributed by atoms with Crippen LogP contribution in [0.3, 0.4) is 0 Å². The zero-order chi connectivity index (χ0) is 17.1. The number of anilines is 1. The van der Waals surface area contributed by atoms with Gasteiger partial charge in [0.15, 0.2) is 10.9 Å². The van der Waals surface area contributed by atoms with Gasteiger partial charge in [-0.25, -0.2) is 4.98 Å². The molecule has 3 rings (SSSR count). The molecule has 0 saturated carbocycles. The summed E-state index contributed by atoms with van der Waals surface area (Å²) >= 11 is 7.14. The molecule has 24 heavy (non-hydrogen) atoms. The first kappa shape index (κ1) is 16.5. The highest BCUT2D eigenvalue weighted by Crippen LogP contribution is 2.24. The van der Waals surface area contributed by atoms with E-state index in [2.05, 4.69) is 10.3 Å². The van der Waals surface area contributed by atoms with Crippen LogP contribution >= 0.6 is 22.9 Å². The molecule has 2 heterocycles. The van der Waals surface area contributed by atoms with Crippen molar-refractivity contribution < 1.29 is 18.7 Å². The van der Waals surface area contributed by atoms with Gasteiger partial charge in [-0.15, -0.1) is 11.3 Å². The smallest absolute Gasteiger partial charge is 0.311 e. The lowest BCUT2D eigenvalue weighted by Gasteiger charge is -1.99. The maximum absolute atomic E-state index is 12.2. The van der Waals surface area contributed by atoms with Crippen molar-refractivity contribution in [2.45, 2.75) is 13.3 Å². The molecule has 0 aliphatic rings. The standard InChI is InChI=1S/C16H13ClN2O4S/c1-2-22-14(20)7-11-8-24-16(18-11)19-15(21)13-6-9-5-10(17)3-4-12(9)23-13/h3-6,8H,2,7H2,1H3,(H,18,19,21). The monoisotopic (exact) mass is 364 g/mol. The summed E-state index contributed by atoms with van der Waals surface area (Å²) in [5.74, 6) is -0.608. The largest absolute Gasteiger partial charge is 0.466 e. The summed E-state index contributed by atoms with van der Waals surface area (Å²) in [4.78, 5) is 27.9. The molecule has 1 amide bonds. The van der Waals surface area contributed by atoms with Crippen LogP contribution in [0.15, 0.2) is 34.1 Å². The number of thiazole rings is 1. The van der Waals surface area contributed by atoms with Crippen molar-refractivity contribution in [3.63, 3.8) is 0 Å². The number of hydrogen-bond donors (Lipinski definition) is 1. The van der Waals surface area contributed by atoms with Crippen LogP contribution in [0.25, 0.3) is 11.0 Å². The van der Waals surface area contributed by atoms with Crippen LogP contribution in [0.5, 0.6) is 0 Å². The number of fused-ring (bicyclic) bond motifs is 1. The van der Waals surface area contributed by atoms with Gasteiger partial charge in [0.1, 0.15) is 5.58 Å². The quantitative estimate of drug-likeness (QED) is 0.694. The first-order valence-corrected chi connectivity index (χ1v) is 8.41. The number of furan rings is 1. The van der Waals surface area contributed by atoms with Gasteiger partial charge < -0.3 is 9.15 Å². The second kappa shape index (κ2) is 7.02. The van der Waals surface area contributed by atoms with Gasteiger partial charge in [-0.3, -0.25) is 14.9 Å². The third kappa shape index (κ3) is 3.74. The van der Waals surface area contributed by atoms with E-state index in [0.29, 0.717) is 28.0 Å². The van der Waals surface area contributed by atoms with Crippen molar-refractivity contribution >= 4 is 50.9 Å². The second-order valence-corrected chi connectivity index (χ2v) is 6.17. The lowest BCUT2D eigenvalue weighted by Crippen LogP contribution is -2.11. The first-order chi connectivity index (χ1) is 11.5. The van der Waals surface area contributed by atoms with Gasteiger partial charge >= 0.3 is 5.97 Å². The second-order valence-electron chi connectivity index (χ2n) is 4.87. The van der Waals surface area contributed by atoms with Crippen LogP contribution in [0.1, 0.15) is 23.2 Å². The fourth-order valence-electron chi connectivity index (χ4n) is 2.09. The van der Waals surface area contributed by atoms with E-state index in [4.69, 9.17) is 20.8 Å². The zero-order valence-corrected chi connectivity index (χ0v) is 14.2. The van der Waals surface area contributed by atoms with Crippen molar-refractivity contribution in [3.05, 3.63) is 46.1 Å². The molecule has 1 aromatic carbocycles. The van der Waals surface area contributed by atoms with E-state index in [1.807, 2.05) is 0 Å².